The minimum atomic E-state index is -0.398. The summed E-state index contributed by atoms with van der Waals surface area (Å²) < 4.78 is 0. The van der Waals surface area contributed by atoms with Gasteiger partial charge in [0.25, 0.3) is 0 Å². The highest BCUT2D eigenvalue weighted by Crippen LogP contribution is 2.29. The number of anilines is 1. The van der Waals surface area contributed by atoms with Gasteiger partial charge in [0.2, 0.25) is 5.91 Å². The number of benzene rings is 1. The quantitative estimate of drug-likeness (QED) is 0.464. The van der Waals surface area contributed by atoms with Gasteiger partial charge in [0.05, 0.1) is 10.7 Å². The number of thiophene rings is 1. The van der Waals surface area contributed by atoms with Crippen LogP contribution < -0.4 is 11.1 Å². The zero-order chi connectivity index (χ0) is 15.2. The molecule has 6 nitrogen and oxygen atoms in total. The molecule has 0 radical (unpaired) electrons. The number of rotatable bonds is 7. The maximum absolute atomic E-state index is 10.8. The second-order valence-corrected chi connectivity index (χ2v) is 6.27. The van der Waals surface area contributed by atoms with E-state index in [1.807, 2.05) is 24.3 Å². The number of para-hydroxylation sites is 1. The predicted molar refractivity (Wildman–Crippen MR) is 84.7 cm³/mol. The van der Waals surface area contributed by atoms with Gasteiger partial charge in [-0.1, -0.05) is 23.5 Å². The van der Waals surface area contributed by atoms with Gasteiger partial charge in [-0.05, 0) is 18.2 Å². The summed E-state index contributed by atoms with van der Waals surface area (Å²) in [7, 11) is 0. The second kappa shape index (κ2) is 7.09. The third-order valence-electron chi connectivity index (χ3n) is 2.54. The molecule has 0 unspecified atom stereocenters. The lowest BCUT2D eigenvalue weighted by Crippen LogP contribution is -2.13. The van der Waals surface area contributed by atoms with Gasteiger partial charge in [0.15, 0.2) is 0 Å². The molecule has 110 valence electrons. The van der Waals surface area contributed by atoms with E-state index in [1.165, 1.54) is 17.8 Å². The first-order chi connectivity index (χ1) is 10.1. The first kappa shape index (κ1) is 15.3. The molecule has 21 heavy (non-hydrogen) atoms. The molecule has 0 aliphatic heterocycles. The molecule has 8 heteroatoms. The Balaban J connectivity index is 2.01. The summed E-state index contributed by atoms with van der Waals surface area (Å²) in [5.74, 6) is -0.160. The molecule has 0 fully saturated rings. The van der Waals surface area contributed by atoms with Crippen molar-refractivity contribution < 1.29 is 9.72 Å². The summed E-state index contributed by atoms with van der Waals surface area (Å²) in [6.07, 6.45) is 0. The molecule has 1 heterocycles. The van der Waals surface area contributed by atoms with Gasteiger partial charge in [-0.2, -0.15) is 0 Å². The van der Waals surface area contributed by atoms with E-state index < -0.39 is 4.92 Å². The number of nitrogens with one attached hydrogen (secondary N) is 1. The zero-order valence-electron chi connectivity index (χ0n) is 10.9. The van der Waals surface area contributed by atoms with E-state index in [1.54, 1.807) is 6.07 Å². The van der Waals surface area contributed by atoms with Gasteiger partial charge in [0.1, 0.15) is 0 Å². The Morgan fingerprint density at radius 1 is 1.33 bits per heavy atom. The van der Waals surface area contributed by atoms with Crippen LogP contribution in [0.1, 0.15) is 4.88 Å². The van der Waals surface area contributed by atoms with E-state index >= 15 is 0 Å². The van der Waals surface area contributed by atoms with Crippen molar-refractivity contribution in [3.8, 4) is 0 Å². The van der Waals surface area contributed by atoms with Gasteiger partial charge < -0.3 is 11.1 Å². The second-order valence-electron chi connectivity index (χ2n) is 4.10. The maximum atomic E-state index is 10.8. The lowest BCUT2D eigenvalue weighted by atomic mass is 10.3. The van der Waals surface area contributed by atoms with Crippen molar-refractivity contribution in [2.45, 2.75) is 11.4 Å². The average molecular weight is 323 g/mol. The third-order valence-corrected chi connectivity index (χ3v) is 4.67. The van der Waals surface area contributed by atoms with Crippen LogP contribution in [0.3, 0.4) is 0 Å². The van der Waals surface area contributed by atoms with Crippen LogP contribution in [0.5, 0.6) is 0 Å². The summed E-state index contributed by atoms with van der Waals surface area (Å²) >= 11 is 2.50. The number of nitrogens with two attached hydrogens (primary N) is 1. The van der Waals surface area contributed by atoms with E-state index in [-0.39, 0.29) is 16.7 Å². The Bertz CT molecular complexity index is 658. The molecule has 0 atom stereocenters. The lowest BCUT2D eigenvalue weighted by molar-refractivity contribution is -0.380. The minimum absolute atomic E-state index is 0.128. The third kappa shape index (κ3) is 4.47. The molecule has 0 saturated carbocycles. The Morgan fingerprint density at radius 3 is 2.76 bits per heavy atom. The minimum Gasteiger partial charge on any atom is -0.379 e. The molecule has 0 saturated heterocycles. The van der Waals surface area contributed by atoms with Crippen molar-refractivity contribution in [1.82, 2.24) is 0 Å². The van der Waals surface area contributed by atoms with Crippen molar-refractivity contribution in [3.05, 3.63) is 51.4 Å². The number of hydrogen-bond acceptors (Lipinski definition) is 6. The largest absolute Gasteiger partial charge is 0.379 e. The van der Waals surface area contributed by atoms with E-state index in [0.29, 0.717) is 6.54 Å². The summed E-state index contributed by atoms with van der Waals surface area (Å²) in [6, 6.07) is 10.8. The summed E-state index contributed by atoms with van der Waals surface area (Å²) in [5, 5.41) is 14.0. The summed E-state index contributed by atoms with van der Waals surface area (Å²) in [5.41, 5.74) is 6.02. The standard InChI is InChI=1S/C13H13N3O3S2/c14-12(17)8-20-11-4-2-1-3-10(11)15-7-9-5-6-13(21-9)16(18)19/h1-6,15H,7-8H2,(H2,14,17). The number of nitrogens with zero attached hydrogens (tertiary/aromatic N) is 1. The molecular weight excluding hydrogens is 310 g/mol. The smallest absolute Gasteiger partial charge is 0.324 e. The molecule has 0 aliphatic carbocycles. The van der Waals surface area contributed by atoms with Gasteiger partial charge in [-0.3, -0.25) is 14.9 Å². The normalized spacial score (nSPS) is 10.3. The summed E-state index contributed by atoms with van der Waals surface area (Å²) in [6.45, 7) is 0.493. The fourth-order valence-corrected chi connectivity index (χ4v) is 3.16. The van der Waals surface area contributed by atoms with Crippen molar-refractivity contribution in [2.24, 2.45) is 5.73 Å². The van der Waals surface area contributed by atoms with Crippen LogP contribution >= 0.6 is 23.1 Å². The van der Waals surface area contributed by atoms with Crippen LogP contribution in [0.4, 0.5) is 10.7 Å². The Morgan fingerprint density at radius 2 is 2.10 bits per heavy atom. The molecular formula is C13H13N3O3S2. The van der Waals surface area contributed by atoms with Crippen LogP contribution in [-0.2, 0) is 11.3 Å². The number of carbonyl (C=O) groups excluding carboxylic acids is 1. The van der Waals surface area contributed by atoms with Gasteiger partial charge in [0, 0.05) is 28.1 Å². The van der Waals surface area contributed by atoms with E-state index in [0.717, 1.165) is 26.8 Å². The molecule has 0 aliphatic rings. The fourth-order valence-electron chi connectivity index (χ4n) is 1.63. The number of thioether (sulfide) groups is 1. The monoisotopic (exact) mass is 323 g/mol. The van der Waals surface area contributed by atoms with Crippen molar-refractivity contribution >= 4 is 39.7 Å². The maximum Gasteiger partial charge on any atom is 0.324 e. The van der Waals surface area contributed by atoms with Gasteiger partial charge in [-0.15, -0.1) is 11.8 Å². The average Bonchev–Trinajstić information content (AvgIpc) is 2.93. The van der Waals surface area contributed by atoms with Crippen molar-refractivity contribution in [2.75, 3.05) is 11.1 Å². The first-order valence-electron chi connectivity index (χ1n) is 6.03. The highest BCUT2D eigenvalue weighted by molar-refractivity contribution is 8.00. The first-order valence-corrected chi connectivity index (χ1v) is 7.83. The number of carbonyl (C=O) groups is 1. The number of amides is 1. The number of primary amides is 1. The van der Waals surface area contributed by atoms with Crippen LogP contribution in [-0.4, -0.2) is 16.6 Å². The van der Waals surface area contributed by atoms with Gasteiger partial charge in [-0.25, -0.2) is 0 Å². The zero-order valence-corrected chi connectivity index (χ0v) is 12.6. The summed E-state index contributed by atoms with van der Waals surface area (Å²) in [4.78, 5) is 22.9. The van der Waals surface area contributed by atoms with Crippen LogP contribution in [0.15, 0.2) is 41.3 Å². The Hall–Kier alpha value is -2.06. The number of nitro groups is 1. The van der Waals surface area contributed by atoms with Crippen molar-refractivity contribution in [1.29, 1.82) is 0 Å². The van der Waals surface area contributed by atoms with Crippen molar-refractivity contribution in [3.63, 3.8) is 0 Å². The van der Waals surface area contributed by atoms with Gasteiger partial charge >= 0.3 is 5.00 Å². The predicted octanol–water partition coefficient (Wildman–Crippen LogP) is 2.85. The molecule has 3 N–H and O–H groups in total. The molecule has 2 aromatic rings. The van der Waals surface area contributed by atoms with E-state index in [9.17, 15) is 14.9 Å². The molecule has 0 spiro atoms. The molecule has 1 aromatic carbocycles. The van der Waals surface area contributed by atoms with E-state index in [4.69, 9.17) is 5.73 Å². The molecule has 0 bridgehead atoms. The van der Waals surface area contributed by atoms with Crippen LogP contribution in [0.2, 0.25) is 0 Å². The molecule has 1 amide bonds. The highest BCUT2D eigenvalue weighted by atomic mass is 32.2. The molecule has 2 rings (SSSR count). The number of hydrogen-bond donors (Lipinski definition) is 2. The van der Waals surface area contributed by atoms with Crippen LogP contribution in [0.25, 0.3) is 0 Å². The lowest BCUT2D eigenvalue weighted by Gasteiger charge is -2.10. The Labute approximate surface area is 129 Å². The fraction of sp³-hybridized carbons (Fsp3) is 0.154. The Kier molecular flexibility index (Phi) is 5.18. The van der Waals surface area contributed by atoms with Crippen LogP contribution in [0, 0.1) is 10.1 Å². The molecule has 1 aromatic heterocycles. The highest BCUT2D eigenvalue weighted by Gasteiger charge is 2.10. The van der Waals surface area contributed by atoms with E-state index in [2.05, 4.69) is 5.32 Å². The SMILES string of the molecule is NC(=O)CSc1ccccc1NCc1ccc([N+](=O)[O-])s1. The topological polar surface area (TPSA) is 98.3 Å².